The Bertz CT molecular complexity index is 407. The van der Waals surface area contributed by atoms with E-state index >= 15 is 0 Å². The Kier molecular flexibility index (Phi) is 4.71. The molecule has 90 valence electrons. The summed E-state index contributed by atoms with van der Waals surface area (Å²) in [6, 6.07) is -0.103. The van der Waals surface area contributed by atoms with Crippen LogP contribution in [-0.2, 0) is 0 Å². The van der Waals surface area contributed by atoms with E-state index in [1.807, 2.05) is 6.92 Å². The average molecular weight is 304 g/mol. The number of methoxy groups -OCH3 is 1. The number of halogens is 1. The smallest absolute Gasteiger partial charge is 0.127 e. The summed E-state index contributed by atoms with van der Waals surface area (Å²) in [6.07, 6.45) is 0. The predicted octanol–water partition coefficient (Wildman–Crippen LogP) is 3.31. The van der Waals surface area contributed by atoms with Crippen molar-refractivity contribution in [1.82, 2.24) is 0 Å². The number of benzene rings is 1. The van der Waals surface area contributed by atoms with Gasteiger partial charge in [-0.2, -0.15) is 12.6 Å². The maximum absolute atomic E-state index is 6.08. The van der Waals surface area contributed by atoms with E-state index in [1.54, 1.807) is 7.11 Å². The minimum absolute atomic E-state index is 0.103. The molecule has 1 aromatic rings. The first kappa shape index (κ1) is 13.9. The van der Waals surface area contributed by atoms with Crippen LogP contribution < -0.4 is 10.5 Å². The molecule has 0 amide bonds. The maximum Gasteiger partial charge on any atom is 0.127 e. The molecule has 0 aromatic heterocycles. The third-order valence-electron chi connectivity index (χ3n) is 2.98. The van der Waals surface area contributed by atoms with Crippen molar-refractivity contribution in [2.24, 2.45) is 5.73 Å². The fourth-order valence-corrected chi connectivity index (χ4v) is 2.60. The zero-order chi connectivity index (χ0) is 12.5. The van der Waals surface area contributed by atoms with Gasteiger partial charge in [-0.25, -0.2) is 0 Å². The van der Waals surface area contributed by atoms with E-state index in [9.17, 15) is 0 Å². The van der Waals surface area contributed by atoms with E-state index in [2.05, 4.69) is 42.4 Å². The monoisotopic (exact) mass is 303 g/mol. The van der Waals surface area contributed by atoms with Crippen LogP contribution in [0.15, 0.2) is 4.47 Å². The molecular formula is C12H18BrNOS. The van der Waals surface area contributed by atoms with Gasteiger partial charge >= 0.3 is 0 Å². The third-order valence-corrected chi connectivity index (χ3v) is 4.56. The van der Waals surface area contributed by atoms with Crippen molar-refractivity contribution in [3.63, 3.8) is 0 Å². The van der Waals surface area contributed by atoms with Gasteiger partial charge in [0.05, 0.1) is 7.11 Å². The van der Waals surface area contributed by atoms with E-state index in [4.69, 9.17) is 10.5 Å². The molecule has 0 aliphatic carbocycles. The fourth-order valence-electron chi connectivity index (χ4n) is 1.91. The van der Waals surface area contributed by atoms with Gasteiger partial charge in [0.2, 0.25) is 0 Å². The number of rotatable bonds is 3. The number of hydrogen-bond acceptors (Lipinski definition) is 3. The lowest BCUT2D eigenvalue weighted by Crippen LogP contribution is -2.16. The molecule has 1 rings (SSSR count). The van der Waals surface area contributed by atoms with E-state index < -0.39 is 0 Å². The van der Waals surface area contributed by atoms with Gasteiger partial charge in [-0.1, -0.05) is 15.9 Å². The van der Waals surface area contributed by atoms with Gasteiger partial charge in [0, 0.05) is 21.8 Å². The summed E-state index contributed by atoms with van der Waals surface area (Å²) < 4.78 is 6.59. The molecule has 0 saturated carbocycles. The zero-order valence-electron chi connectivity index (χ0n) is 10.1. The second kappa shape index (κ2) is 5.43. The summed E-state index contributed by atoms with van der Waals surface area (Å²) in [5.41, 5.74) is 10.6. The van der Waals surface area contributed by atoms with Crippen molar-refractivity contribution in [1.29, 1.82) is 0 Å². The normalized spacial score (nSPS) is 12.7. The molecule has 0 aliphatic heterocycles. The molecule has 0 fully saturated rings. The van der Waals surface area contributed by atoms with Gasteiger partial charge in [0.1, 0.15) is 5.75 Å². The molecule has 2 N–H and O–H groups in total. The topological polar surface area (TPSA) is 35.2 Å². The molecular weight excluding hydrogens is 286 g/mol. The highest BCUT2D eigenvalue weighted by Crippen LogP contribution is 2.38. The molecule has 0 radical (unpaired) electrons. The quantitative estimate of drug-likeness (QED) is 0.840. The SMILES string of the molecule is COc1c(C)c(C)c(Br)c(C)c1C(N)CS. The molecule has 4 heteroatoms. The highest BCUT2D eigenvalue weighted by Gasteiger charge is 2.20. The lowest BCUT2D eigenvalue weighted by Gasteiger charge is -2.22. The maximum atomic E-state index is 6.08. The average Bonchev–Trinajstić information content (AvgIpc) is 2.29. The third kappa shape index (κ3) is 2.24. The second-order valence-corrected chi connectivity index (χ2v) is 5.08. The Hall–Kier alpha value is -0.190. The minimum atomic E-state index is -0.103. The van der Waals surface area contributed by atoms with Gasteiger partial charge in [-0.05, 0) is 37.5 Å². The van der Waals surface area contributed by atoms with Gasteiger partial charge in [-0.3, -0.25) is 0 Å². The van der Waals surface area contributed by atoms with Crippen LogP contribution in [0.4, 0.5) is 0 Å². The summed E-state index contributed by atoms with van der Waals surface area (Å²) in [6.45, 7) is 6.18. The molecule has 0 bridgehead atoms. The summed E-state index contributed by atoms with van der Waals surface area (Å²) in [5, 5.41) is 0. The predicted molar refractivity (Wildman–Crippen MR) is 75.7 cm³/mol. The summed E-state index contributed by atoms with van der Waals surface area (Å²) in [5.74, 6) is 1.49. The van der Waals surface area contributed by atoms with Crippen molar-refractivity contribution in [3.05, 3.63) is 26.7 Å². The van der Waals surface area contributed by atoms with Gasteiger partial charge in [-0.15, -0.1) is 0 Å². The highest BCUT2D eigenvalue weighted by atomic mass is 79.9. The van der Waals surface area contributed by atoms with Crippen LogP contribution in [0.1, 0.15) is 28.3 Å². The van der Waals surface area contributed by atoms with Crippen LogP contribution in [0.5, 0.6) is 5.75 Å². The van der Waals surface area contributed by atoms with Crippen molar-refractivity contribution in [2.75, 3.05) is 12.9 Å². The lowest BCUT2D eigenvalue weighted by atomic mass is 9.95. The van der Waals surface area contributed by atoms with Crippen LogP contribution in [0.2, 0.25) is 0 Å². The molecule has 0 aliphatic rings. The van der Waals surface area contributed by atoms with Gasteiger partial charge in [0.15, 0.2) is 0 Å². The molecule has 1 unspecified atom stereocenters. The molecule has 2 nitrogen and oxygen atoms in total. The van der Waals surface area contributed by atoms with Crippen molar-refractivity contribution >= 4 is 28.6 Å². The minimum Gasteiger partial charge on any atom is -0.496 e. The molecule has 0 spiro atoms. The van der Waals surface area contributed by atoms with Gasteiger partial charge in [0.25, 0.3) is 0 Å². The van der Waals surface area contributed by atoms with Crippen LogP contribution in [0.3, 0.4) is 0 Å². The molecule has 0 heterocycles. The van der Waals surface area contributed by atoms with E-state index in [-0.39, 0.29) is 6.04 Å². The van der Waals surface area contributed by atoms with Crippen LogP contribution >= 0.6 is 28.6 Å². The molecule has 16 heavy (non-hydrogen) atoms. The molecule has 0 saturated heterocycles. The van der Waals surface area contributed by atoms with Crippen molar-refractivity contribution in [3.8, 4) is 5.75 Å². The first-order chi connectivity index (χ1) is 7.45. The largest absolute Gasteiger partial charge is 0.496 e. The fraction of sp³-hybridized carbons (Fsp3) is 0.500. The van der Waals surface area contributed by atoms with Crippen LogP contribution in [0.25, 0.3) is 0 Å². The molecule has 1 atom stereocenters. The Morgan fingerprint density at radius 2 is 1.81 bits per heavy atom. The second-order valence-electron chi connectivity index (χ2n) is 3.92. The first-order valence-corrected chi connectivity index (χ1v) is 6.57. The molecule has 1 aromatic carbocycles. The standard InChI is InChI=1S/C12H18BrNOS/c1-6-7(2)12(15-4)10(9(14)5-16)8(3)11(6)13/h9,16H,5,14H2,1-4H3. The number of hydrogen-bond donors (Lipinski definition) is 2. The van der Waals surface area contributed by atoms with Crippen LogP contribution in [-0.4, -0.2) is 12.9 Å². The van der Waals surface area contributed by atoms with E-state index in [0.717, 1.165) is 26.9 Å². The zero-order valence-corrected chi connectivity index (χ0v) is 12.6. The lowest BCUT2D eigenvalue weighted by molar-refractivity contribution is 0.403. The Balaban J connectivity index is 3.57. The summed E-state index contributed by atoms with van der Waals surface area (Å²) >= 11 is 7.86. The van der Waals surface area contributed by atoms with Crippen LogP contribution in [0, 0.1) is 20.8 Å². The van der Waals surface area contributed by atoms with E-state index in [1.165, 1.54) is 5.56 Å². The Morgan fingerprint density at radius 1 is 1.25 bits per heavy atom. The number of thiol groups is 1. The summed E-state index contributed by atoms with van der Waals surface area (Å²) in [4.78, 5) is 0. The summed E-state index contributed by atoms with van der Waals surface area (Å²) in [7, 11) is 1.68. The highest BCUT2D eigenvalue weighted by molar-refractivity contribution is 9.10. The van der Waals surface area contributed by atoms with Crippen molar-refractivity contribution in [2.45, 2.75) is 26.8 Å². The number of ether oxygens (including phenoxy) is 1. The Morgan fingerprint density at radius 3 is 2.25 bits per heavy atom. The first-order valence-electron chi connectivity index (χ1n) is 5.15. The van der Waals surface area contributed by atoms with Gasteiger partial charge < -0.3 is 10.5 Å². The number of nitrogens with two attached hydrogens (primary N) is 1. The Labute approximate surface area is 111 Å². The van der Waals surface area contributed by atoms with Crippen molar-refractivity contribution < 1.29 is 4.74 Å². The van der Waals surface area contributed by atoms with E-state index in [0.29, 0.717) is 5.75 Å².